The zero-order chi connectivity index (χ0) is 16.9. The Morgan fingerprint density at radius 3 is 2.58 bits per heavy atom. The molecule has 1 aromatic heterocycles. The Hall–Kier alpha value is -2.34. The van der Waals surface area contributed by atoms with E-state index in [0.29, 0.717) is 17.6 Å². The third-order valence-corrected chi connectivity index (χ3v) is 4.21. The summed E-state index contributed by atoms with van der Waals surface area (Å²) < 4.78 is 10.9. The van der Waals surface area contributed by atoms with Gasteiger partial charge in [-0.3, -0.25) is 9.69 Å². The van der Waals surface area contributed by atoms with Crippen LogP contribution in [0, 0.1) is 0 Å². The lowest BCUT2D eigenvalue weighted by atomic mass is 10.2. The first-order chi connectivity index (χ1) is 11.6. The fraction of sp³-hybridized carbons (Fsp3) is 0.444. The standard InChI is InChI=1S/C18H23N3O3/c1-14(2)20-8-10-21(11-9-20)18(22)16-12-24-17(19-16)13-23-15-6-4-3-5-7-15/h3-7,12,14H,8-11,13H2,1-2H3. The summed E-state index contributed by atoms with van der Waals surface area (Å²) >= 11 is 0. The van der Waals surface area contributed by atoms with Crippen molar-refractivity contribution in [3.05, 3.63) is 48.2 Å². The van der Waals surface area contributed by atoms with Gasteiger partial charge in [0.25, 0.3) is 5.91 Å². The minimum absolute atomic E-state index is 0.0758. The lowest BCUT2D eigenvalue weighted by Crippen LogP contribution is -2.50. The fourth-order valence-corrected chi connectivity index (χ4v) is 2.74. The van der Waals surface area contributed by atoms with E-state index in [9.17, 15) is 4.79 Å². The Morgan fingerprint density at radius 1 is 1.21 bits per heavy atom. The van der Waals surface area contributed by atoms with Gasteiger partial charge in [-0.2, -0.15) is 0 Å². The van der Waals surface area contributed by atoms with Crippen molar-refractivity contribution < 1.29 is 13.9 Å². The van der Waals surface area contributed by atoms with Crippen LogP contribution in [0.2, 0.25) is 0 Å². The number of hydrogen-bond acceptors (Lipinski definition) is 5. The highest BCUT2D eigenvalue weighted by molar-refractivity contribution is 5.92. The van der Waals surface area contributed by atoms with E-state index in [4.69, 9.17) is 9.15 Å². The third kappa shape index (κ3) is 3.94. The maximum atomic E-state index is 12.5. The summed E-state index contributed by atoms with van der Waals surface area (Å²) in [4.78, 5) is 21.0. The number of nitrogens with zero attached hydrogens (tertiary/aromatic N) is 3. The quantitative estimate of drug-likeness (QED) is 0.843. The van der Waals surface area contributed by atoms with Crippen LogP contribution in [0.1, 0.15) is 30.2 Å². The fourth-order valence-electron chi connectivity index (χ4n) is 2.74. The third-order valence-electron chi connectivity index (χ3n) is 4.21. The van der Waals surface area contributed by atoms with E-state index in [1.54, 1.807) is 0 Å². The van der Waals surface area contributed by atoms with Crippen LogP contribution >= 0.6 is 0 Å². The Morgan fingerprint density at radius 2 is 1.92 bits per heavy atom. The van der Waals surface area contributed by atoms with E-state index in [2.05, 4.69) is 23.7 Å². The molecule has 1 saturated heterocycles. The monoisotopic (exact) mass is 329 g/mol. The number of hydrogen-bond donors (Lipinski definition) is 0. The van der Waals surface area contributed by atoms with Crippen molar-refractivity contribution in [3.63, 3.8) is 0 Å². The molecule has 0 aliphatic carbocycles. The molecule has 6 nitrogen and oxygen atoms in total. The molecule has 2 heterocycles. The largest absolute Gasteiger partial charge is 0.484 e. The molecule has 1 amide bonds. The number of ether oxygens (including phenoxy) is 1. The van der Waals surface area contributed by atoms with Crippen molar-refractivity contribution in [2.24, 2.45) is 0 Å². The normalized spacial score (nSPS) is 15.7. The molecule has 1 fully saturated rings. The zero-order valence-corrected chi connectivity index (χ0v) is 14.1. The first-order valence-electron chi connectivity index (χ1n) is 8.29. The van der Waals surface area contributed by atoms with Gasteiger partial charge in [0.1, 0.15) is 12.0 Å². The second kappa shape index (κ2) is 7.49. The van der Waals surface area contributed by atoms with Crippen LogP contribution in [0.15, 0.2) is 41.0 Å². The van der Waals surface area contributed by atoms with Gasteiger partial charge in [0.2, 0.25) is 5.89 Å². The Bertz CT molecular complexity index is 661. The molecular weight excluding hydrogens is 306 g/mol. The number of aromatic nitrogens is 1. The van der Waals surface area contributed by atoms with Crippen LogP contribution in [0.25, 0.3) is 0 Å². The van der Waals surface area contributed by atoms with Crippen molar-refractivity contribution in [1.82, 2.24) is 14.8 Å². The summed E-state index contributed by atoms with van der Waals surface area (Å²) in [6, 6.07) is 9.96. The number of amides is 1. The van der Waals surface area contributed by atoms with Gasteiger partial charge in [0.05, 0.1) is 0 Å². The number of benzene rings is 1. The van der Waals surface area contributed by atoms with Crippen LogP contribution in [0.3, 0.4) is 0 Å². The molecule has 0 N–H and O–H groups in total. The summed E-state index contributed by atoms with van der Waals surface area (Å²) in [5.74, 6) is 1.07. The zero-order valence-electron chi connectivity index (χ0n) is 14.1. The van der Waals surface area contributed by atoms with Gasteiger partial charge in [-0.1, -0.05) is 18.2 Å². The van der Waals surface area contributed by atoms with Gasteiger partial charge in [-0.15, -0.1) is 0 Å². The summed E-state index contributed by atoms with van der Waals surface area (Å²) in [6.45, 7) is 7.79. The van der Waals surface area contributed by atoms with E-state index in [1.807, 2.05) is 35.2 Å². The van der Waals surface area contributed by atoms with Gasteiger partial charge >= 0.3 is 0 Å². The van der Waals surface area contributed by atoms with Crippen LogP contribution in [-0.2, 0) is 6.61 Å². The smallest absolute Gasteiger partial charge is 0.275 e. The number of piperazine rings is 1. The molecule has 1 aliphatic rings. The molecule has 24 heavy (non-hydrogen) atoms. The second-order valence-electron chi connectivity index (χ2n) is 6.15. The van der Waals surface area contributed by atoms with Gasteiger partial charge in [0, 0.05) is 32.2 Å². The molecule has 0 radical (unpaired) electrons. The molecule has 0 bridgehead atoms. The van der Waals surface area contributed by atoms with E-state index in [0.717, 1.165) is 31.9 Å². The number of rotatable bonds is 5. The van der Waals surface area contributed by atoms with E-state index >= 15 is 0 Å². The van der Waals surface area contributed by atoms with Gasteiger partial charge in [-0.05, 0) is 26.0 Å². The lowest BCUT2D eigenvalue weighted by Gasteiger charge is -2.36. The van der Waals surface area contributed by atoms with Crippen LogP contribution in [0.4, 0.5) is 0 Å². The lowest BCUT2D eigenvalue weighted by molar-refractivity contribution is 0.0590. The molecule has 1 aliphatic heterocycles. The van der Waals surface area contributed by atoms with Crippen molar-refractivity contribution >= 4 is 5.91 Å². The molecule has 2 aromatic rings. The average molecular weight is 329 g/mol. The summed E-state index contributed by atoms with van der Waals surface area (Å²) in [5.41, 5.74) is 0.347. The summed E-state index contributed by atoms with van der Waals surface area (Å²) in [7, 11) is 0. The molecule has 6 heteroatoms. The molecule has 0 spiro atoms. The van der Waals surface area contributed by atoms with Crippen molar-refractivity contribution in [2.45, 2.75) is 26.5 Å². The summed E-state index contributed by atoms with van der Waals surface area (Å²) in [6.07, 6.45) is 1.42. The topological polar surface area (TPSA) is 58.8 Å². The highest BCUT2D eigenvalue weighted by Crippen LogP contribution is 2.14. The minimum Gasteiger partial charge on any atom is -0.484 e. The Balaban J connectivity index is 1.54. The highest BCUT2D eigenvalue weighted by atomic mass is 16.5. The first-order valence-corrected chi connectivity index (χ1v) is 8.29. The molecule has 128 valence electrons. The van der Waals surface area contributed by atoms with Crippen molar-refractivity contribution in [2.75, 3.05) is 26.2 Å². The molecule has 1 aromatic carbocycles. The Kier molecular flexibility index (Phi) is 5.15. The van der Waals surface area contributed by atoms with Crippen molar-refractivity contribution in [1.29, 1.82) is 0 Å². The number of carbonyl (C=O) groups excluding carboxylic acids is 1. The van der Waals surface area contributed by atoms with Gasteiger partial charge < -0.3 is 14.1 Å². The second-order valence-corrected chi connectivity index (χ2v) is 6.15. The number of para-hydroxylation sites is 1. The molecule has 0 atom stereocenters. The van der Waals surface area contributed by atoms with E-state index in [1.165, 1.54) is 6.26 Å². The SMILES string of the molecule is CC(C)N1CCN(C(=O)c2coc(COc3ccccc3)n2)CC1. The van der Waals surface area contributed by atoms with Crippen LogP contribution < -0.4 is 4.74 Å². The minimum atomic E-state index is -0.0758. The van der Waals surface area contributed by atoms with E-state index < -0.39 is 0 Å². The van der Waals surface area contributed by atoms with Gasteiger partial charge in [-0.25, -0.2) is 4.98 Å². The molecule has 3 rings (SSSR count). The predicted molar refractivity (Wildman–Crippen MR) is 89.9 cm³/mol. The summed E-state index contributed by atoms with van der Waals surface area (Å²) in [5, 5.41) is 0. The highest BCUT2D eigenvalue weighted by Gasteiger charge is 2.25. The predicted octanol–water partition coefficient (Wildman–Crippen LogP) is 2.42. The first kappa shape index (κ1) is 16.5. The molecule has 0 saturated carbocycles. The Labute approximate surface area is 142 Å². The molecule has 0 unspecified atom stereocenters. The number of oxazole rings is 1. The van der Waals surface area contributed by atoms with Gasteiger partial charge in [0.15, 0.2) is 12.3 Å². The van der Waals surface area contributed by atoms with Crippen molar-refractivity contribution in [3.8, 4) is 5.75 Å². The van der Waals surface area contributed by atoms with E-state index in [-0.39, 0.29) is 12.5 Å². The van der Waals surface area contributed by atoms with Crippen LogP contribution in [-0.4, -0.2) is 52.9 Å². The number of carbonyl (C=O) groups is 1. The maximum Gasteiger partial charge on any atom is 0.275 e. The molecular formula is C18H23N3O3. The maximum absolute atomic E-state index is 12.5. The average Bonchev–Trinajstić information content (AvgIpc) is 3.09. The van der Waals surface area contributed by atoms with Crippen LogP contribution in [0.5, 0.6) is 5.75 Å².